The van der Waals surface area contributed by atoms with Crippen LogP contribution in [-0.4, -0.2) is 17.0 Å². The van der Waals surface area contributed by atoms with Gasteiger partial charge in [-0.3, -0.25) is 4.79 Å². The van der Waals surface area contributed by atoms with E-state index in [9.17, 15) is 23.5 Å². The third kappa shape index (κ3) is 3.56. The zero-order valence-corrected chi connectivity index (χ0v) is 13.4. The van der Waals surface area contributed by atoms with Crippen LogP contribution in [0.3, 0.4) is 0 Å². The summed E-state index contributed by atoms with van der Waals surface area (Å²) in [5, 5.41) is 11.7. The number of hydrogen-bond acceptors (Lipinski definition) is 3. The van der Waals surface area contributed by atoms with Gasteiger partial charge >= 0.3 is 5.97 Å². The molecule has 0 saturated carbocycles. The summed E-state index contributed by atoms with van der Waals surface area (Å²) in [6, 6.07) is 13.1. The Hall–Kier alpha value is -3.06. The second-order valence-corrected chi connectivity index (χ2v) is 6.16. The molecule has 0 fully saturated rings. The van der Waals surface area contributed by atoms with Gasteiger partial charge in [-0.2, -0.15) is 0 Å². The number of rotatable bonds is 4. The normalized spacial score (nSPS) is 10.5. The van der Waals surface area contributed by atoms with Crippen molar-refractivity contribution in [3.8, 4) is 10.4 Å². The van der Waals surface area contributed by atoms with Crippen molar-refractivity contribution >= 4 is 28.9 Å². The number of nitrogens with one attached hydrogen (secondary N) is 1. The van der Waals surface area contributed by atoms with E-state index < -0.39 is 23.5 Å². The summed E-state index contributed by atoms with van der Waals surface area (Å²) in [7, 11) is 0. The molecule has 3 aromatic rings. The molecule has 0 unspecified atom stereocenters. The van der Waals surface area contributed by atoms with E-state index in [1.807, 2.05) is 30.3 Å². The van der Waals surface area contributed by atoms with Gasteiger partial charge in [-0.1, -0.05) is 30.3 Å². The average Bonchev–Trinajstić information content (AvgIpc) is 2.99. The highest BCUT2D eigenvalue weighted by molar-refractivity contribution is 7.18. The monoisotopic (exact) mass is 359 g/mol. The fraction of sp³-hybridized carbons (Fsp3) is 0. The molecule has 7 heteroatoms. The van der Waals surface area contributed by atoms with E-state index in [2.05, 4.69) is 5.32 Å². The Balaban J connectivity index is 1.95. The molecule has 0 radical (unpaired) electrons. The SMILES string of the molecule is O=C(Nc1cc(-c2ccccc2)sc1C(=O)O)c1ccc(F)cc1F. The van der Waals surface area contributed by atoms with Crippen molar-refractivity contribution in [1.29, 1.82) is 0 Å². The molecule has 0 spiro atoms. The molecule has 2 aromatic carbocycles. The minimum Gasteiger partial charge on any atom is -0.477 e. The maximum atomic E-state index is 13.7. The first-order valence-electron chi connectivity index (χ1n) is 7.14. The number of amides is 1. The Morgan fingerprint density at radius 1 is 1.00 bits per heavy atom. The molecule has 126 valence electrons. The number of aromatic carboxylic acids is 1. The summed E-state index contributed by atoms with van der Waals surface area (Å²) in [5.74, 6) is -3.88. The maximum Gasteiger partial charge on any atom is 0.348 e. The van der Waals surface area contributed by atoms with Crippen LogP contribution in [0.4, 0.5) is 14.5 Å². The molecule has 25 heavy (non-hydrogen) atoms. The highest BCUT2D eigenvalue weighted by atomic mass is 32.1. The number of carbonyl (C=O) groups is 2. The number of anilines is 1. The summed E-state index contributed by atoms with van der Waals surface area (Å²) >= 11 is 0.997. The topological polar surface area (TPSA) is 66.4 Å². The summed E-state index contributed by atoms with van der Waals surface area (Å²) in [5.41, 5.74) is 0.485. The van der Waals surface area contributed by atoms with Gasteiger partial charge in [-0.15, -0.1) is 11.3 Å². The van der Waals surface area contributed by atoms with E-state index in [0.717, 1.165) is 29.0 Å². The van der Waals surface area contributed by atoms with Crippen LogP contribution >= 0.6 is 11.3 Å². The Kier molecular flexibility index (Phi) is 4.58. The fourth-order valence-electron chi connectivity index (χ4n) is 2.25. The summed E-state index contributed by atoms with van der Waals surface area (Å²) < 4.78 is 26.7. The molecular weight excluding hydrogens is 348 g/mol. The van der Waals surface area contributed by atoms with Gasteiger partial charge < -0.3 is 10.4 Å². The second kappa shape index (κ2) is 6.82. The van der Waals surface area contributed by atoms with E-state index in [-0.39, 0.29) is 16.1 Å². The van der Waals surface area contributed by atoms with Crippen LogP contribution in [-0.2, 0) is 0 Å². The summed E-state index contributed by atoms with van der Waals surface area (Å²) in [6.45, 7) is 0. The maximum absolute atomic E-state index is 13.7. The quantitative estimate of drug-likeness (QED) is 0.713. The number of carboxylic acids is 1. The standard InChI is InChI=1S/C18H11F2NO3S/c19-11-6-7-12(13(20)8-11)17(22)21-14-9-15(25-16(14)18(23)24)10-4-2-1-3-5-10/h1-9H,(H,21,22)(H,23,24). The van der Waals surface area contributed by atoms with Crippen LogP contribution in [0.2, 0.25) is 0 Å². The van der Waals surface area contributed by atoms with Crippen molar-refractivity contribution < 1.29 is 23.5 Å². The molecule has 0 bridgehead atoms. The summed E-state index contributed by atoms with van der Waals surface area (Å²) in [6.07, 6.45) is 0. The van der Waals surface area contributed by atoms with Crippen LogP contribution in [0, 0.1) is 11.6 Å². The van der Waals surface area contributed by atoms with Gasteiger partial charge in [-0.05, 0) is 23.8 Å². The van der Waals surface area contributed by atoms with E-state index in [1.54, 1.807) is 0 Å². The highest BCUT2D eigenvalue weighted by Crippen LogP contribution is 2.35. The summed E-state index contributed by atoms with van der Waals surface area (Å²) in [4.78, 5) is 24.2. The van der Waals surface area contributed by atoms with E-state index in [1.165, 1.54) is 6.07 Å². The fourth-order valence-corrected chi connectivity index (χ4v) is 3.21. The minimum absolute atomic E-state index is 0.0603. The average molecular weight is 359 g/mol. The number of hydrogen-bond donors (Lipinski definition) is 2. The number of carbonyl (C=O) groups excluding carboxylic acids is 1. The van der Waals surface area contributed by atoms with Crippen LogP contribution in [0.5, 0.6) is 0 Å². The first-order chi connectivity index (χ1) is 12.0. The lowest BCUT2D eigenvalue weighted by atomic mass is 10.1. The Labute approximate surface area is 145 Å². The molecule has 2 N–H and O–H groups in total. The van der Waals surface area contributed by atoms with Gasteiger partial charge in [0.2, 0.25) is 0 Å². The molecule has 0 saturated heterocycles. The molecule has 1 aromatic heterocycles. The van der Waals surface area contributed by atoms with Crippen molar-refractivity contribution in [1.82, 2.24) is 0 Å². The lowest BCUT2D eigenvalue weighted by Gasteiger charge is -2.05. The van der Waals surface area contributed by atoms with Gasteiger partial charge in [0.1, 0.15) is 16.5 Å². The van der Waals surface area contributed by atoms with Gasteiger partial charge in [0.25, 0.3) is 5.91 Å². The number of halogens is 2. The highest BCUT2D eigenvalue weighted by Gasteiger charge is 2.20. The Bertz CT molecular complexity index is 954. The van der Waals surface area contributed by atoms with Gasteiger partial charge in [-0.25, -0.2) is 13.6 Å². The third-order valence-electron chi connectivity index (χ3n) is 3.41. The molecule has 0 aliphatic carbocycles. The first-order valence-corrected chi connectivity index (χ1v) is 7.96. The molecule has 1 amide bonds. The van der Waals surface area contributed by atoms with Crippen molar-refractivity contribution in [2.75, 3.05) is 5.32 Å². The van der Waals surface area contributed by atoms with Crippen molar-refractivity contribution in [2.24, 2.45) is 0 Å². The van der Waals surface area contributed by atoms with E-state index >= 15 is 0 Å². The van der Waals surface area contributed by atoms with Crippen molar-refractivity contribution in [3.05, 3.63) is 76.7 Å². The lowest BCUT2D eigenvalue weighted by molar-refractivity contribution is 0.0703. The zero-order chi connectivity index (χ0) is 18.0. The first kappa shape index (κ1) is 16.8. The number of carboxylic acid groups (broad SMARTS) is 1. The van der Waals surface area contributed by atoms with Crippen LogP contribution in [0.25, 0.3) is 10.4 Å². The Morgan fingerprint density at radius 3 is 2.36 bits per heavy atom. The van der Waals surface area contributed by atoms with Crippen molar-refractivity contribution in [3.63, 3.8) is 0 Å². The number of thiophene rings is 1. The third-order valence-corrected chi connectivity index (χ3v) is 4.58. The largest absolute Gasteiger partial charge is 0.477 e. The van der Waals surface area contributed by atoms with Gasteiger partial charge in [0.15, 0.2) is 0 Å². The van der Waals surface area contributed by atoms with Crippen LogP contribution in [0.15, 0.2) is 54.6 Å². The van der Waals surface area contributed by atoms with E-state index in [0.29, 0.717) is 10.9 Å². The predicted octanol–water partition coefficient (Wildman–Crippen LogP) is 4.64. The Morgan fingerprint density at radius 2 is 1.72 bits per heavy atom. The van der Waals surface area contributed by atoms with Crippen LogP contribution in [0.1, 0.15) is 20.0 Å². The molecule has 3 rings (SSSR count). The molecule has 0 atom stereocenters. The molecular formula is C18H11F2NO3S. The molecule has 0 aliphatic heterocycles. The predicted molar refractivity (Wildman–Crippen MR) is 91.0 cm³/mol. The van der Waals surface area contributed by atoms with E-state index in [4.69, 9.17) is 0 Å². The number of benzene rings is 2. The minimum atomic E-state index is -1.21. The smallest absolute Gasteiger partial charge is 0.348 e. The molecule has 1 heterocycles. The molecule has 4 nitrogen and oxygen atoms in total. The van der Waals surface area contributed by atoms with Gasteiger partial charge in [0, 0.05) is 10.9 Å². The zero-order valence-electron chi connectivity index (χ0n) is 12.6. The van der Waals surface area contributed by atoms with Crippen molar-refractivity contribution in [2.45, 2.75) is 0 Å². The van der Waals surface area contributed by atoms with Crippen LogP contribution < -0.4 is 5.32 Å². The molecule has 0 aliphatic rings. The second-order valence-electron chi connectivity index (χ2n) is 5.10. The van der Waals surface area contributed by atoms with Gasteiger partial charge in [0.05, 0.1) is 11.3 Å². The lowest BCUT2D eigenvalue weighted by Crippen LogP contribution is -2.15.